The monoisotopic (exact) mass is 437 g/mol. The van der Waals surface area contributed by atoms with E-state index < -0.39 is 10.8 Å². The molecule has 1 aromatic heterocycles. The number of aromatic nitrogens is 1. The smallest absolute Gasteiger partial charge is 0.310 e. The lowest BCUT2D eigenvalue weighted by Crippen LogP contribution is -2.21. The number of benzene rings is 3. The summed E-state index contributed by atoms with van der Waals surface area (Å²) in [7, 11) is 0. The van der Waals surface area contributed by atoms with Crippen molar-refractivity contribution in [3.05, 3.63) is 81.4 Å². The van der Waals surface area contributed by atoms with E-state index in [2.05, 4.69) is 10.3 Å². The number of oxazole rings is 1. The molecule has 156 valence electrons. The molecule has 0 aliphatic carbocycles. The molecule has 0 atom stereocenters. The van der Waals surface area contributed by atoms with Gasteiger partial charge in [-0.05, 0) is 48.9 Å². The maximum atomic E-state index is 12.4. The average molecular weight is 438 g/mol. The highest BCUT2D eigenvalue weighted by molar-refractivity contribution is 6.31. The summed E-state index contributed by atoms with van der Waals surface area (Å²) >= 11 is 6.01. The number of hydrogen-bond donors (Lipinski definition) is 1. The van der Waals surface area contributed by atoms with Gasteiger partial charge in [-0.3, -0.25) is 14.9 Å². The molecule has 4 aromatic rings. The van der Waals surface area contributed by atoms with Crippen molar-refractivity contribution >= 4 is 40.0 Å². The first-order valence-corrected chi connectivity index (χ1v) is 9.62. The molecule has 0 aliphatic heterocycles. The topological polar surface area (TPSA) is 108 Å². The standard InChI is InChI=1S/C22H16ClN3O5/c1-13-15(22-25-17-11-14(23)9-10-19(17)31-22)5-4-6-16(13)24-21(27)12-30-20-8-3-2-7-18(20)26(28)29/h2-11H,12H2,1H3,(H,24,27). The van der Waals surface area contributed by atoms with E-state index in [0.29, 0.717) is 33.3 Å². The molecule has 1 heterocycles. The van der Waals surface area contributed by atoms with Crippen molar-refractivity contribution in [1.29, 1.82) is 0 Å². The summed E-state index contributed by atoms with van der Waals surface area (Å²) in [6.45, 7) is 1.45. The molecule has 1 N–H and O–H groups in total. The molecular weight excluding hydrogens is 422 g/mol. The second kappa shape index (κ2) is 8.45. The molecule has 1 amide bonds. The fourth-order valence-corrected chi connectivity index (χ4v) is 3.24. The van der Waals surface area contributed by atoms with Crippen LogP contribution in [0.5, 0.6) is 5.75 Å². The average Bonchev–Trinajstić information content (AvgIpc) is 3.16. The van der Waals surface area contributed by atoms with E-state index in [1.165, 1.54) is 18.2 Å². The summed E-state index contributed by atoms with van der Waals surface area (Å²) in [4.78, 5) is 27.4. The quantitative estimate of drug-likeness (QED) is 0.320. The van der Waals surface area contributed by atoms with Gasteiger partial charge in [-0.25, -0.2) is 4.98 Å². The van der Waals surface area contributed by atoms with Gasteiger partial charge in [-0.15, -0.1) is 0 Å². The number of halogens is 1. The van der Waals surface area contributed by atoms with E-state index >= 15 is 0 Å². The number of fused-ring (bicyclic) bond motifs is 1. The molecular formula is C22H16ClN3O5. The Morgan fingerprint density at radius 2 is 2.00 bits per heavy atom. The Morgan fingerprint density at radius 1 is 1.19 bits per heavy atom. The third kappa shape index (κ3) is 4.34. The number of para-hydroxylation sites is 2. The molecule has 0 unspecified atom stereocenters. The van der Waals surface area contributed by atoms with E-state index in [1.807, 2.05) is 13.0 Å². The first-order valence-electron chi connectivity index (χ1n) is 9.24. The Balaban J connectivity index is 1.52. The molecule has 0 radical (unpaired) electrons. The molecule has 0 fully saturated rings. The summed E-state index contributed by atoms with van der Waals surface area (Å²) in [5, 5.41) is 14.4. The molecule has 8 nitrogen and oxygen atoms in total. The van der Waals surface area contributed by atoms with Gasteiger partial charge in [0.1, 0.15) is 5.52 Å². The van der Waals surface area contributed by atoms with E-state index in [1.54, 1.807) is 36.4 Å². The van der Waals surface area contributed by atoms with Crippen molar-refractivity contribution in [2.45, 2.75) is 6.92 Å². The fraction of sp³-hybridized carbons (Fsp3) is 0.0909. The van der Waals surface area contributed by atoms with Crippen LogP contribution in [0.1, 0.15) is 5.56 Å². The molecule has 0 bridgehead atoms. The summed E-state index contributed by atoms with van der Waals surface area (Å²) < 4.78 is 11.2. The van der Waals surface area contributed by atoms with E-state index in [0.717, 1.165) is 5.56 Å². The van der Waals surface area contributed by atoms with Crippen LogP contribution in [0.15, 0.2) is 65.1 Å². The van der Waals surface area contributed by atoms with Gasteiger partial charge in [0.2, 0.25) is 5.89 Å². The maximum absolute atomic E-state index is 12.4. The lowest BCUT2D eigenvalue weighted by atomic mass is 10.1. The molecule has 0 saturated carbocycles. The van der Waals surface area contributed by atoms with Crippen molar-refractivity contribution in [3.63, 3.8) is 0 Å². The first-order chi connectivity index (χ1) is 14.9. The molecule has 4 rings (SSSR count). The Hall–Kier alpha value is -3.91. The second-order valence-electron chi connectivity index (χ2n) is 6.67. The van der Waals surface area contributed by atoms with Crippen LogP contribution in [-0.4, -0.2) is 22.4 Å². The Bertz CT molecular complexity index is 1300. The van der Waals surface area contributed by atoms with Gasteiger partial charge in [-0.2, -0.15) is 0 Å². The Morgan fingerprint density at radius 3 is 2.81 bits per heavy atom. The minimum absolute atomic E-state index is 0.0262. The number of amides is 1. The van der Waals surface area contributed by atoms with Crippen LogP contribution in [0.4, 0.5) is 11.4 Å². The predicted molar refractivity (Wildman–Crippen MR) is 116 cm³/mol. The number of ether oxygens (including phenoxy) is 1. The summed E-state index contributed by atoms with van der Waals surface area (Å²) in [5.74, 6) is -0.0250. The van der Waals surface area contributed by atoms with Gasteiger partial charge in [0.05, 0.1) is 4.92 Å². The largest absolute Gasteiger partial charge is 0.477 e. The number of nitro groups is 1. The van der Waals surface area contributed by atoms with Crippen LogP contribution < -0.4 is 10.1 Å². The van der Waals surface area contributed by atoms with Crippen LogP contribution >= 0.6 is 11.6 Å². The first kappa shape index (κ1) is 20.4. The van der Waals surface area contributed by atoms with Crippen LogP contribution in [0.25, 0.3) is 22.6 Å². The Kier molecular flexibility index (Phi) is 5.55. The minimum Gasteiger partial charge on any atom is -0.477 e. The summed E-state index contributed by atoms with van der Waals surface area (Å²) in [6, 6.07) is 16.4. The third-order valence-corrected chi connectivity index (χ3v) is 4.84. The highest BCUT2D eigenvalue weighted by atomic mass is 35.5. The van der Waals surface area contributed by atoms with Crippen molar-refractivity contribution < 1.29 is 18.9 Å². The van der Waals surface area contributed by atoms with Crippen molar-refractivity contribution in [3.8, 4) is 17.2 Å². The number of carbonyl (C=O) groups excluding carboxylic acids is 1. The maximum Gasteiger partial charge on any atom is 0.310 e. The highest BCUT2D eigenvalue weighted by Gasteiger charge is 2.17. The molecule has 0 saturated heterocycles. The summed E-state index contributed by atoms with van der Waals surface area (Å²) in [5.41, 5.74) is 3.04. The van der Waals surface area contributed by atoms with Crippen LogP contribution in [0.2, 0.25) is 5.02 Å². The van der Waals surface area contributed by atoms with Gasteiger partial charge in [-0.1, -0.05) is 29.8 Å². The Labute approximate surface area is 181 Å². The number of hydrogen-bond acceptors (Lipinski definition) is 6. The summed E-state index contributed by atoms with van der Waals surface area (Å²) in [6.07, 6.45) is 0. The van der Waals surface area contributed by atoms with E-state index in [-0.39, 0.29) is 18.0 Å². The van der Waals surface area contributed by atoms with Crippen molar-refractivity contribution in [2.24, 2.45) is 0 Å². The van der Waals surface area contributed by atoms with Crippen LogP contribution in [0, 0.1) is 17.0 Å². The zero-order valence-corrected chi connectivity index (χ0v) is 17.1. The molecule has 31 heavy (non-hydrogen) atoms. The van der Waals surface area contributed by atoms with Gasteiger partial charge in [0.25, 0.3) is 5.91 Å². The predicted octanol–water partition coefficient (Wildman–Crippen LogP) is 5.38. The zero-order valence-electron chi connectivity index (χ0n) is 16.3. The third-order valence-electron chi connectivity index (χ3n) is 4.61. The lowest BCUT2D eigenvalue weighted by Gasteiger charge is -2.11. The lowest BCUT2D eigenvalue weighted by molar-refractivity contribution is -0.385. The normalized spacial score (nSPS) is 10.8. The van der Waals surface area contributed by atoms with Crippen LogP contribution in [0.3, 0.4) is 0 Å². The molecule has 3 aromatic carbocycles. The van der Waals surface area contributed by atoms with Gasteiger partial charge in [0.15, 0.2) is 17.9 Å². The minimum atomic E-state index is -0.561. The van der Waals surface area contributed by atoms with Crippen molar-refractivity contribution in [2.75, 3.05) is 11.9 Å². The molecule has 9 heteroatoms. The number of carbonyl (C=O) groups is 1. The van der Waals surface area contributed by atoms with E-state index in [9.17, 15) is 14.9 Å². The zero-order chi connectivity index (χ0) is 22.0. The highest BCUT2D eigenvalue weighted by Crippen LogP contribution is 2.31. The number of nitro benzene ring substituents is 1. The van der Waals surface area contributed by atoms with Gasteiger partial charge >= 0.3 is 5.69 Å². The number of anilines is 1. The van der Waals surface area contributed by atoms with E-state index in [4.69, 9.17) is 20.8 Å². The number of nitrogens with zero attached hydrogens (tertiary/aromatic N) is 2. The number of rotatable bonds is 6. The van der Waals surface area contributed by atoms with Gasteiger partial charge < -0.3 is 14.5 Å². The van der Waals surface area contributed by atoms with Crippen molar-refractivity contribution in [1.82, 2.24) is 4.98 Å². The van der Waals surface area contributed by atoms with Crippen LogP contribution in [-0.2, 0) is 4.79 Å². The fourth-order valence-electron chi connectivity index (χ4n) is 3.08. The van der Waals surface area contributed by atoms with Gasteiger partial charge in [0, 0.05) is 22.3 Å². The number of nitrogens with one attached hydrogen (secondary N) is 1. The SMILES string of the molecule is Cc1c(NC(=O)COc2ccccc2[N+](=O)[O-])cccc1-c1nc2cc(Cl)ccc2o1. The molecule has 0 spiro atoms. The second-order valence-corrected chi connectivity index (χ2v) is 7.11. The molecule has 0 aliphatic rings.